The van der Waals surface area contributed by atoms with Gasteiger partial charge in [0, 0.05) is 11.6 Å². The van der Waals surface area contributed by atoms with Crippen LogP contribution in [0.2, 0.25) is 5.02 Å². The molecule has 1 N–H and O–H groups in total. The van der Waals surface area contributed by atoms with Gasteiger partial charge in [0.05, 0.1) is 10.2 Å². The predicted molar refractivity (Wildman–Crippen MR) is 67.0 cm³/mol. The fraction of sp³-hybridized carbons (Fsp3) is 0.455. The molecule has 0 bridgehead atoms. The largest absolute Gasteiger partial charge is 0.431 e. The van der Waals surface area contributed by atoms with E-state index in [2.05, 4.69) is 26.0 Å². The molecule has 1 fully saturated rings. The zero-order chi connectivity index (χ0) is 12.4. The Balaban J connectivity index is 2.18. The minimum absolute atomic E-state index is 0.102. The van der Waals surface area contributed by atoms with Gasteiger partial charge in [-0.25, -0.2) is 0 Å². The second kappa shape index (κ2) is 5.40. The number of alkyl halides is 2. The summed E-state index contributed by atoms with van der Waals surface area (Å²) in [5.74, 6) is 0.734. The van der Waals surface area contributed by atoms with Gasteiger partial charge in [0.25, 0.3) is 0 Å². The van der Waals surface area contributed by atoms with E-state index in [4.69, 9.17) is 11.6 Å². The van der Waals surface area contributed by atoms with Gasteiger partial charge in [0.1, 0.15) is 0 Å². The first-order valence-corrected chi connectivity index (χ1v) is 6.41. The number of halogens is 4. The van der Waals surface area contributed by atoms with Crippen molar-refractivity contribution >= 4 is 33.2 Å². The maximum atomic E-state index is 12.3. The molecule has 0 spiro atoms. The van der Waals surface area contributed by atoms with Crippen LogP contribution in [0.1, 0.15) is 12.8 Å². The molecule has 6 heteroatoms. The highest BCUT2D eigenvalue weighted by molar-refractivity contribution is 9.10. The highest BCUT2D eigenvalue weighted by Crippen LogP contribution is 2.38. The standard InChI is InChI=1S/C11H11BrClF2NO/c12-8-3-7(13)4-9(10(8)17-11(14)15)16-5-6-1-2-6/h3-4,6,11,16H,1-2,5H2. The quantitative estimate of drug-likeness (QED) is 0.858. The van der Waals surface area contributed by atoms with Crippen molar-refractivity contribution in [3.05, 3.63) is 21.6 Å². The zero-order valence-corrected chi connectivity index (χ0v) is 11.2. The minimum Gasteiger partial charge on any atom is -0.431 e. The van der Waals surface area contributed by atoms with Gasteiger partial charge in [-0.1, -0.05) is 11.6 Å². The summed E-state index contributed by atoms with van der Waals surface area (Å²) < 4.78 is 29.5. The molecule has 94 valence electrons. The van der Waals surface area contributed by atoms with Gasteiger partial charge >= 0.3 is 6.61 Å². The predicted octanol–water partition coefficient (Wildman–Crippen LogP) is 4.53. The molecule has 17 heavy (non-hydrogen) atoms. The lowest BCUT2D eigenvalue weighted by Crippen LogP contribution is -2.09. The van der Waals surface area contributed by atoms with E-state index in [0.29, 0.717) is 21.1 Å². The summed E-state index contributed by atoms with van der Waals surface area (Å²) >= 11 is 9.04. The van der Waals surface area contributed by atoms with Crippen molar-refractivity contribution in [3.8, 4) is 5.75 Å². The number of hydrogen-bond acceptors (Lipinski definition) is 2. The molecule has 1 saturated carbocycles. The molecule has 0 aromatic heterocycles. The SMILES string of the molecule is FC(F)Oc1c(Br)cc(Cl)cc1NCC1CC1. The summed E-state index contributed by atoms with van der Waals surface area (Å²) in [6.07, 6.45) is 2.36. The van der Waals surface area contributed by atoms with Crippen LogP contribution >= 0.6 is 27.5 Å². The summed E-state index contributed by atoms with van der Waals surface area (Å²) in [5, 5.41) is 3.56. The van der Waals surface area contributed by atoms with Crippen molar-refractivity contribution < 1.29 is 13.5 Å². The third-order valence-corrected chi connectivity index (χ3v) is 3.30. The average molecular weight is 327 g/mol. The maximum Gasteiger partial charge on any atom is 0.387 e. The van der Waals surface area contributed by atoms with Crippen LogP contribution in [0.3, 0.4) is 0 Å². The van der Waals surface area contributed by atoms with Crippen LogP contribution in [-0.2, 0) is 0 Å². The third-order valence-electron chi connectivity index (χ3n) is 2.49. The van der Waals surface area contributed by atoms with Gasteiger partial charge in [0.15, 0.2) is 5.75 Å². The lowest BCUT2D eigenvalue weighted by molar-refractivity contribution is -0.0498. The highest BCUT2D eigenvalue weighted by Gasteiger charge is 2.22. The Morgan fingerprint density at radius 1 is 1.47 bits per heavy atom. The van der Waals surface area contributed by atoms with Gasteiger partial charge in [-0.05, 0) is 46.8 Å². The average Bonchev–Trinajstić information content (AvgIpc) is 3.02. The van der Waals surface area contributed by atoms with E-state index in [1.54, 1.807) is 6.07 Å². The molecule has 1 aromatic carbocycles. The summed E-state index contributed by atoms with van der Waals surface area (Å²) in [7, 11) is 0. The molecule has 0 heterocycles. The number of ether oxygens (including phenoxy) is 1. The topological polar surface area (TPSA) is 21.3 Å². The molecular formula is C11H11BrClF2NO. The Hall–Kier alpha value is -0.550. The van der Waals surface area contributed by atoms with Gasteiger partial charge in [0.2, 0.25) is 0 Å². The van der Waals surface area contributed by atoms with Crippen LogP contribution in [0.25, 0.3) is 0 Å². The van der Waals surface area contributed by atoms with E-state index >= 15 is 0 Å². The van der Waals surface area contributed by atoms with Crippen LogP contribution in [0.4, 0.5) is 14.5 Å². The molecule has 2 rings (SSSR count). The monoisotopic (exact) mass is 325 g/mol. The molecule has 0 atom stereocenters. The molecule has 1 aromatic rings. The van der Waals surface area contributed by atoms with Crippen LogP contribution in [0, 0.1) is 5.92 Å². The third kappa shape index (κ3) is 3.71. The van der Waals surface area contributed by atoms with E-state index in [-0.39, 0.29) is 5.75 Å². The molecule has 0 saturated heterocycles. The van der Waals surface area contributed by atoms with Gasteiger partial charge in [-0.2, -0.15) is 8.78 Å². The Kier molecular flexibility index (Phi) is 4.09. The lowest BCUT2D eigenvalue weighted by Gasteiger charge is -2.14. The Morgan fingerprint density at radius 2 is 2.18 bits per heavy atom. The molecule has 1 aliphatic rings. The highest BCUT2D eigenvalue weighted by atomic mass is 79.9. The first-order chi connectivity index (χ1) is 8.06. The molecule has 0 amide bonds. The maximum absolute atomic E-state index is 12.3. The summed E-state index contributed by atoms with van der Waals surface area (Å²) in [6.45, 7) is -2.10. The van der Waals surface area contributed by atoms with Gasteiger partial charge in [-0.15, -0.1) is 0 Å². The number of nitrogens with one attached hydrogen (secondary N) is 1. The second-order valence-electron chi connectivity index (χ2n) is 3.97. The van der Waals surface area contributed by atoms with Crippen molar-refractivity contribution in [3.63, 3.8) is 0 Å². The van der Waals surface area contributed by atoms with E-state index in [1.165, 1.54) is 18.9 Å². The fourth-order valence-corrected chi connectivity index (χ4v) is 2.38. The van der Waals surface area contributed by atoms with Crippen LogP contribution in [-0.4, -0.2) is 13.2 Å². The normalized spacial score (nSPS) is 15.1. The first-order valence-electron chi connectivity index (χ1n) is 5.24. The Morgan fingerprint density at radius 3 is 2.76 bits per heavy atom. The molecule has 2 nitrogen and oxygen atoms in total. The van der Waals surface area contributed by atoms with Crippen LogP contribution in [0.15, 0.2) is 16.6 Å². The molecular weight excluding hydrogens is 315 g/mol. The van der Waals surface area contributed by atoms with E-state index < -0.39 is 6.61 Å². The van der Waals surface area contributed by atoms with Crippen LogP contribution < -0.4 is 10.1 Å². The van der Waals surface area contributed by atoms with E-state index in [0.717, 1.165) is 6.54 Å². The number of rotatable bonds is 5. The molecule has 0 aliphatic heterocycles. The Bertz CT molecular complexity index is 413. The van der Waals surface area contributed by atoms with E-state index in [1.807, 2.05) is 0 Å². The van der Waals surface area contributed by atoms with Gasteiger partial charge < -0.3 is 10.1 Å². The number of benzene rings is 1. The zero-order valence-electron chi connectivity index (χ0n) is 8.85. The molecule has 0 radical (unpaired) electrons. The minimum atomic E-state index is -2.85. The number of anilines is 1. The van der Waals surface area contributed by atoms with Crippen LogP contribution in [0.5, 0.6) is 5.75 Å². The van der Waals surface area contributed by atoms with E-state index in [9.17, 15) is 8.78 Å². The van der Waals surface area contributed by atoms with Crippen molar-refractivity contribution in [1.29, 1.82) is 0 Å². The summed E-state index contributed by atoms with van der Waals surface area (Å²) in [5.41, 5.74) is 0.497. The lowest BCUT2D eigenvalue weighted by atomic mass is 10.2. The summed E-state index contributed by atoms with van der Waals surface area (Å²) in [4.78, 5) is 0. The van der Waals surface area contributed by atoms with Crippen molar-refractivity contribution in [2.45, 2.75) is 19.5 Å². The molecule has 1 aliphatic carbocycles. The van der Waals surface area contributed by atoms with Crippen molar-refractivity contribution in [1.82, 2.24) is 0 Å². The fourth-order valence-electron chi connectivity index (χ4n) is 1.48. The second-order valence-corrected chi connectivity index (χ2v) is 5.26. The summed E-state index contributed by atoms with van der Waals surface area (Å²) in [6, 6.07) is 3.12. The first kappa shape index (κ1) is 12.9. The molecule has 0 unspecified atom stereocenters. The number of hydrogen-bond donors (Lipinski definition) is 1. The van der Waals surface area contributed by atoms with Crippen molar-refractivity contribution in [2.75, 3.05) is 11.9 Å². The smallest absolute Gasteiger partial charge is 0.387 e. The van der Waals surface area contributed by atoms with Crippen molar-refractivity contribution in [2.24, 2.45) is 5.92 Å². The van der Waals surface area contributed by atoms with Gasteiger partial charge in [-0.3, -0.25) is 0 Å². The Labute approximate surface area is 111 Å².